The first-order valence-electron chi connectivity index (χ1n) is 12.9. The molecule has 0 atom stereocenters. The molecule has 0 unspecified atom stereocenters. The summed E-state index contributed by atoms with van der Waals surface area (Å²) < 4.78 is 20.4. The van der Waals surface area contributed by atoms with Crippen molar-refractivity contribution in [2.24, 2.45) is 5.10 Å². The molecule has 6 rings (SSSR count). The second kappa shape index (κ2) is 11.2. The van der Waals surface area contributed by atoms with E-state index < -0.39 is 11.7 Å². The summed E-state index contributed by atoms with van der Waals surface area (Å²) in [5.41, 5.74) is 2.05. The monoisotopic (exact) mass is 542 g/mol. The Morgan fingerprint density at radius 1 is 0.854 bits per heavy atom. The van der Waals surface area contributed by atoms with Crippen LogP contribution >= 0.6 is 0 Å². The number of para-hydroxylation sites is 1. The average molecular weight is 543 g/mol. The Balaban J connectivity index is 1.39. The molecule has 1 N–H and O–H groups in total. The van der Waals surface area contributed by atoms with Gasteiger partial charge in [-0.05, 0) is 53.2 Å². The molecule has 6 aromatic rings. The van der Waals surface area contributed by atoms with Gasteiger partial charge >= 0.3 is 0 Å². The van der Waals surface area contributed by atoms with E-state index in [0.717, 1.165) is 16.3 Å². The Kier molecular flexibility index (Phi) is 7.02. The fraction of sp³-hybridized carbons (Fsp3) is 0.0303. The maximum Gasteiger partial charge on any atom is 0.282 e. The number of rotatable bonds is 7. The van der Waals surface area contributed by atoms with Gasteiger partial charge in [0.2, 0.25) is 0 Å². The summed E-state index contributed by atoms with van der Waals surface area (Å²) in [5.74, 6) is 0.00106. The van der Waals surface area contributed by atoms with E-state index >= 15 is 0 Å². The second-order valence-corrected chi connectivity index (χ2v) is 9.22. The van der Waals surface area contributed by atoms with Crippen molar-refractivity contribution in [1.29, 1.82) is 0 Å². The Labute approximate surface area is 234 Å². The largest absolute Gasteiger partial charge is 0.483 e. The predicted octanol–water partition coefficient (Wildman–Crippen LogP) is 6.26. The number of hydrogen-bond donors (Lipinski definition) is 1. The highest BCUT2D eigenvalue weighted by Gasteiger charge is 2.14. The predicted molar refractivity (Wildman–Crippen MR) is 159 cm³/mol. The van der Waals surface area contributed by atoms with Gasteiger partial charge in [-0.1, -0.05) is 72.8 Å². The summed E-state index contributed by atoms with van der Waals surface area (Å²) in [6.07, 6.45) is 1.56. The van der Waals surface area contributed by atoms with Gasteiger partial charge in [0.05, 0.1) is 17.1 Å². The van der Waals surface area contributed by atoms with Crippen LogP contribution in [0.25, 0.3) is 33.1 Å². The molecule has 1 amide bonds. The van der Waals surface area contributed by atoms with Gasteiger partial charge in [0.15, 0.2) is 12.4 Å². The summed E-state index contributed by atoms with van der Waals surface area (Å²) in [5, 5.41) is 9.51. The third-order valence-corrected chi connectivity index (χ3v) is 6.51. The molecule has 0 aliphatic carbocycles. The van der Waals surface area contributed by atoms with Gasteiger partial charge in [-0.3, -0.25) is 9.59 Å². The third-order valence-electron chi connectivity index (χ3n) is 6.51. The van der Waals surface area contributed by atoms with E-state index in [2.05, 4.69) is 10.4 Å². The zero-order chi connectivity index (χ0) is 28.2. The van der Waals surface area contributed by atoms with Crippen molar-refractivity contribution in [2.45, 2.75) is 0 Å². The van der Waals surface area contributed by atoms with Crippen LogP contribution in [0.3, 0.4) is 0 Å². The lowest BCUT2D eigenvalue weighted by atomic mass is 10.0. The summed E-state index contributed by atoms with van der Waals surface area (Å²) in [7, 11) is 0. The van der Waals surface area contributed by atoms with Gasteiger partial charge in [-0.2, -0.15) is 9.78 Å². The van der Waals surface area contributed by atoms with Gasteiger partial charge in [0.25, 0.3) is 11.5 Å². The Bertz CT molecular complexity index is 1970. The highest BCUT2D eigenvalue weighted by Crippen LogP contribution is 2.27. The maximum atomic E-state index is 13.6. The summed E-state index contributed by atoms with van der Waals surface area (Å²) in [6.45, 7) is -0.288. The maximum absolute atomic E-state index is 13.6. The first kappa shape index (κ1) is 25.6. The van der Waals surface area contributed by atoms with Crippen molar-refractivity contribution in [3.8, 4) is 17.1 Å². The highest BCUT2D eigenvalue weighted by molar-refractivity contribution is 6.02. The lowest BCUT2D eigenvalue weighted by molar-refractivity contribution is -0.118. The van der Waals surface area contributed by atoms with E-state index in [9.17, 15) is 14.0 Å². The molecule has 0 saturated carbocycles. The molecule has 0 radical (unpaired) electrons. The molecule has 0 saturated heterocycles. The molecule has 200 valence electrons. The van der Waals surface area contributed by atoms with Crippen LogP contribution in [0, 0.1) is 5.82 Å². The average Bonchev–Trinajstić information content (AvgIpc) is 3.01. The van der Waals surface area contributed by atoms with E-state index in [1.807, 2.05) is 66.7 Å². The van der Waals surface area contributed by atoms with Crippen molar-refractivity contribution >= 4 is 39.5 Å². The van der Waals surface area contributed by atoms with E-state index in [1.54, 1.807) is 30.5 Å². The van der Waals surface area contributed by atoms with E-state index in [-0.39, 0.29) is 12.2 Å². The third kappa shape index (κ3) is 5.44. The van der Waals surface area contributed by atoms with Crippen LogP contribution in [-0.2, 0) is 4.79 Å². The molecule has 1 heterocycles. The number of benzene rings is 5. The van der Waals surface area contributed by atoms with Crippen LogP contribution in [0.2, 0.25) is 0 Å². The van der Waals surface area contributed by atoms with Crippen LogP contribution in [-0.4, -0.2) is 28.4 Å². The number of hydrogen-bond acceptors (Lipinski definition) is 5. The smallest absolute Gasteiger partial charge is 0.282 e. The molecular weight excluding hydrogens is 519 g/mol. The fourth-order valence-corrected chi connectivity index (χ4v) is 4.53. The van der Waals surface area contributed by atoms with E-state index in [1.165, 1.54) is 28.9 Å². The standard InChI is InChI=1S/C33H23FN4O3/c34-24-15-17-25(18-16-24)36-31(39)21-41-30-19-14-22-8-4-5-11-26(22)28(30)20-35-38-32(23-9-2-1-3-10-23)37-29-13-7-6-12-27(29)33(38)40/h1-20H,21H2,(H,36,39). The molecule has 5 aromatic carbocycles. The lowest BCUT2D eigenvalue weighted by Gasteiger charge is -2.13. The van der Waals surface area contributed by atoms with Crippen LogP contribution < -0.4 is 15.6 Å². The van der Waals surface area contributed by atoms with Crippen molar-refractivity contribution in [3.05, 3.63) is 137 Å². The van der Waals surface area contributed by atoms with Crippen molar-refractivity contribution in [2.75, 3.05) is 11.9 Å². The molecule has 0 fully saturated rings. The van der Waals surface area contributed by atoms with Gasteiger partial charge in [0, 0.05) is 16.8 Å². The number of amides is 1. The molecule has 0 aliphatic rings. The molecular formula is C33H23FN4O3. The number of nitrogens with zero attached hydrogens (tertiary/aromatic N) is 3. The Hall–Kier alpha value is -5.63. The number of carbonyl (C=O) groups excluding carboxylic acids is 1. The van der Waals surface area contributed by atoms with Gasteiger partial charge in [-0.15, -0.1) is 0 Å². The number of carbonyl (C=O) groups is 1. The van der Waals surface area contributed by atoms with Crippen molar-refractivity contribution < 1.29 is 13.9 Å². The molecule has 41 heavy (non-hydrogen) atoms. The van der Waals surface area contributed by atoms with Gasteiger partial charge < -0.3 is 10.1 Å². The minimum Gasteiger partial charge on any atom is -0.483 e. The minimum atomic E-state index is -0.408. The zero-order valence-electron chi connectivity index (χ0n) is 21.7. The van der Waals surface area contributed by atoms with E-state index in [4.69, 9.17) is 9.72 Å². The number of anilines is 1. The highest BCUT2D eigenvalue weighted by atomic mass is 19.1. The second-order valence-electron chi connectivity index (χ2n) is 9.22. The van der Waals surface area contributed by atoms with Crippen molar-refractivity contribution in [3.63, 3.8) is 0 Å². The topological polar surface area (TPSA) is 85.6 Å². The van der Waals surface area contributed by atoms with Crippen molar-refractivity contribution in [1.82, 2.24) is 9.66 Å². The van der Waals surface area contributed by atoms with Crippen LogP contribution in [0.15, 0.2) is 125 Å². The normalized spacial score (nSPS) is 11.2. The Morgan fingerprint density at radius 3 is 2.37 bits per heavy atom. The van der Waals surface area contributed by atoms with Crippen LogP contribution in [0.5, 0.6) is 5.75 Å². The molecule has 0 aliphatic heterocycles. The molecule has 1 aromatic heterocycles. The van der Waals surface area contributed by atoms with Crippen LogP contribution in [0.4, 0.5) is 10.1 Å². The summed E-state index contributed by atoms with van der Waals surface area (Å²) >= 11 is 0. The lowest BCUT2D eigenvalue weighted by Crippen LogP contribution is -2.21. The minimum absolute atomic E-state index is 0.288. The van der Waals surface area contributed by atoms with Gasteiger partial charge in [-0.25, -0.2) is 9.37 Å². The molecule has 0 spiro atoms. The Morgan fingerprint density at radius 2 is 1.56 bits per heavy atom. The molecule has 8 heteroatoms. The molecule has 0 bridgehead atoms. The quantitative estimate of drug-likeness (QED) is 0.242. The SMILES string of the molecule is O=C(COc1ccc2ccccc2c1C=Nn1c(-c2ccccc2)nc2ccccc2c1=O)Nc1ccc(F)cc1. The van der Waals surface area contributed by atoms with E-state index in [0.29, 0.717) is 33.7 Å². The fourth-order valence-electron chi connectivity index (χ4n) is 4.53. The molecule has 7 nitrogen and oxygen atoms in total. The zero-order valence-corrected chi connectivity index (χ0v) is 21.7. The van der Waals surface area contributed by atoms with Gasteiger partial charge in [0.1, 0.15) is 11.6 Å². The number of fused-ring (bicyclic) bond motifs is 2. The number of aromatic nitrogens is 2. The number of ether oxygens (including phenoxy) is 1. The van der Waals surface area contributed by atoms with Crippen LogP contribution in [0.1, 0.15) is 5.56 Å². The number of halogens is 1. The summed E-state index contributed by atoms with van der Waals surface area (Å²) in [6, 6.07) is 33.3. The first-order chi connectivity index (χ1) is 20.1. The summed E-state index contributed by atoms with van der Waals surface area (Å²) in [4.78, 5) is 30.9. The first-order valence-corrected chi connectivity index (χ1v) is 12.9. The number of nitrogens with one attached hydrogen (secondary N) is 1.